The van der Waals surface area contributed by atoms with Crippen LogP contribution in [0, 0.1) is 0 Å². The van der Waals surface area contributed by atoms with Crippen molar-refractivity contribution in [3.63, 3.8) is 0 Å². The molecule has 1 aliphatic rings. The van der Waals surface area contributed by atoms with Crippen LogP contribution in [0.1, 0.15) is 12.8 Å². The summed E-state index contributed by atoms with van der Waals surface area (Å²) in [5.41, 5.74) is 2.11. The van der Waals surface area contributed by atoms with E-state index in [0.717, 1.165) is 28.4 Å². The summed E-state index contributed by atoms with van der Waals surface area (Å²) < 4.78 is 2.72. The summed E-state index contributed by atoms with van der Waals surface area (Å²) in [6.07, 6.45) is 5.90. The molecule has 2 aromatic rings. The molecule has 1 fully saturated rings. The summed E-state index contributed by atoms with van der Waals surface area (Å²) in [6.45, 7) is 0.285. The first-order valence-electron chi connectivity index (χ1n) is 6.28. The van der Waals surface area contributed by atoms with Gasteiger partial charge in [-0.25, -0.2) is 0 Å². The molecule has 0 bridgehead atoms. The van der Waals surface area contributed by atoms with Crippen LogP contribution in [0.2, 0.25) is 0 Å². The smallest absolute Gasteiger partial charge is 0.241 e. The van der Waals surface area contributed by atoms with Gasteiger partial charge < -0.3 is 5.32 Å². The number of rotatable bonds is 4. The van der Waals surface area contributed by atoms with Crippen molar-refractivity contribution >= 4 is 21.8 Å². The lowest BCUT2D eigenvalue weighted by Crippen LogP contribution is -2.29. The van der Waals surface area contributed by atoms with E-state index in [0.29, 0.717) is 6.04 Å². The zero-order valence-electron chi connectivity index (χ0n) is 10.3. The lowest BCUT2D eigenvalue weighted by Gasteiger charge is -2.02. The van der Waals surface area contributed by atoms with E-state index in [-0.39, 0.29) is 12.5 Å². The first kappa shape index (κ1) is 12.4. The number of hydrogen-bond acceptors (Lipinski definition) is 2. The van der Waals surface area contributed by atoms with Gasteiger partial charge in [-0.05, 0) is 30.5 Å². The van der Waals surface area contributed by atoms with Crippen molar-refractivity contribution in [2.45, 2.75) is 25.4 Å². The van der Waals surface area contributed by atoms with Crippen molar-refractivity contribution in [1.82, 2.24) is 15.1 Å². The van der Waals surface area contributed by atoms with Crippen LogP contribution in [-0.2, 0) is 11.3 Å². The molecule has 1 N–H and O–H groups in total. The standard InChI is InChI=1S/C14H14BrN3O/c15-12-3-1-10(2-4-12)11-7-16-18(8-11)9-14(19)17-13-5-6-13/h1-4,7-8,13H,5-6,9H2,(H,17,19). The van der Waals surface area contributed by atoms with E-state index in [1.54, 1.807) is 10.9 Å². The Kier molecular flexibility index (Phi) is 3.38. The van der Waals surface area contributed by atoms with Crippen molar-refractivity contribution < 1.29 is 4.79 Å². The highest BCUT2D eigenvalue weighted by Crippen LogP contribution is 2.21. The van der Waals surface area contributed by atoms with Crippen LogP contribution in [0.4, 0.5) is 0 Å². The topological polar surface area (TPSA) is 46.9 Å². The van der Waals surface area contributed by atoms with Gasteiger partial charge >= 0.3 is 0 Å². The average Bonchev–Trinajstić information content (AvgIpc) is 3.07. The van der Waals surface area contributed by atoms with Gasteiger partial charge in [0.25, 0.3) is 0 Å². The number of carbonyl (C=O) groups is 1. The molecule has 0 atom stereocenters. The molecule has 19 heavy (non-hydrogen) atoms. The second kappa shape index (κ2) is 5.17. The summed E-state index contributed by atoms with van der Waals surface area (Å²) in [5.74, 6) is 0.0351. The second-order valence-electron chi connectivity index (χ2n) is 4.78. The molecule has 1 aromatic heterocycles. The largest absolute Gasteiger partial charge is 0.352 e. The van der Waals surface area contributed by atoms with Gasteiger partial charge in [0.2, 0.25) is 5.91 Å². The maximum absolute atomic E-state index is 11.7. The predicted octanol–water partition coefficient (Wildman–Crippen LogP) is 2.59. The van der Waals surface area contributed by atoms with Gasteiger partial charge in [0.05, 0.1) is 6.20 Å². The van der Waals surface area contributed by atoms with Crippen molar-refractivity contribution in [3.05, 3.63) is 41.1 Å². The normalized spacial score (nSPS) is 14.4. The first-order chi connectivity index (χ1) is 9.20. The van der Waals surface area contributed by atoms with Crippen LogP contribution in [0.25, 0.3) is 11.1 Å². The maximum Gasteiger partial charge on any atom is 0.241 e. The van der Waals surface area contributed by atoms with Gasteiger partial charge in [-0.15, -0.1) is 0 Å². The van der Waals surface area contributed by atoms with E-state index in [2.05, 4.69) is 26.3 Å². The summed E-state index contributed by atoms with van der Waals surface area (Å²) in [5, 5.41) is 7.18. The summed E-state index contributed by atoms with van der Waals surface area (Å²) >= 11 is 3.41. The number of nitrogens with zero attached hydrogens (tertiary/aromatic N) is 2. The Morgan fingerprint density at radius 2 is 2.05 bits per heavy atom. The molecule has 0 saturated heterocycles. The fourth-order valence-corrected chi connectivity index (χ4v) is 2.15. The molecular formula is C14H14BrN3O. The molecular weight excluding hydrogens is 306 g/mol. The van der Waals surface area contributed by atoms with Gasteiger partial charge in [0.15, 0.2) is 0 Å². The van der Waals surface area contributed by atoms with Crippen molar-refractivity contribution in [2.75, 3.05) is 0 Å². The molecule has 0 radical (unpaired) electrons. The molecule has 4 nitrogen and oxygen atoms in total. The highest BCUT2D eigenvalue weighted by molar-refractivity contribution is 9.10. The molecule has 0 aliphatic heterocycles. The molecule has 0 spiro atoms. The average molecular weight is 320 g/mol. The molecule has 3 rings (SSSR count). The molecule has 1 heterocycles. The quantitative estimate of drug-likeness (QED) is 0.941. The van der Waals surface area contributed by atoms with Gasteiger partial charge in [-0.2, -0.15) is 5.10 Å². The zero-order chi connectivity index (χ0) is 13.2. The Labute approximate surface area is 119 Å². The van der Waals surface area contributed by atoms with Crippen molar-refractivity contribution in [2.24, 2.45) is 0 Å². The summed E-state index contributed by atoms with van der Waals surface area (Å²) in [4.78, 5) is 11.7. The van der Waals surface area contributed by atoms with Crippen LogP contribution in [0.3, 0.4) is 0 Å². The Hall–Kier alpha value is -1.62. The molecule has 1 saturated carbocycles. The number of benzene rings is 1. The lowest BCUT2D eigenvalue weighted by molar-refractivity contribution is -0.122. The van der Waals surface area contributed by atoms with E-state index >= 15 is 0 Å². The molecule has 5 heteroatoms. The third-order valence-corrected chi connectivity index (χ3v) is 3.59. The first-order valence-corrected chi connectivity index (χ1v) is 7.08. The van der Waals surface area contributed by atoms with Crippen molar-refractivity contribution in [3.8, 4) is 11.1 Å². The van der Waals surface area contributed by atoms with Gasteiger partial charge in [-0.3, -0.25) is 9.48 Å². The van der Waals surface area contributed by atoms with E-state index in [9.17, 15) is 4.79 Å². The SMILES string of the molecule is O=C(Cn1cc(-c2ccc(Br)cc2)cn1)NC1CC1. The van der Waals surface area contributed by atoms with E-state index < -0.39 is 0 Å². The Balaban J connectivity index is 1.68. The highest BCUT2D eigenvalue weighted by Gasteiger charge is 2.23. The number of halogens is 1. The molecule has 1 aromatic carbocycles. The number of aromatic nitrogens is 2. The van der Waals surface area contributed by atoms with Crippen LogP contribution < -0.4 is 5.32 Å². The third kappa shape index (κ3) is 3.23. The Bertz CT molecular complexity index is 587. The molecule has 98 valence electrons. The Morgan fingerprint density at radius 3 is 2.74 bits per heavy atom. The fraction of sp³-hybridized carbons (Fsp3) is 0.286. The summed E-state index contributed by atoms with van der Waals surface area (Å²) in [6, 6.07) is 8.43. The van der Waals surface area contributed by atoms with Crippen LogP contribution in [0.5, 0.6) is 0 Å². The van der Waals surface area contributed by atoms with Crippen LogP contribution in [0.15, 0.2) is 41.1 Å². The number of amides is 1. The zero-order valence-corrected chi connectivity index (χ0v) is 11.9. The fourth-order valence-electron chi connectivity index (χ4n) is 1.89. The van der Waals surface area contributed by atoms with Crippen LogP contribution in [-0.4, -0.2) is 21.7 Å². The minimum absolute atomic E-state index is 0.0351. The van der Waals surface area contributed by atoms with Gasteiger partial charge in [-0.1, -0.05) is 28.1 Å². The van der Waals surface area contributed by atoms with E-state index in [1.807, 2.05) is 30.5 Å². The van der Waals surface area contributed by atoms with E-state index in [4.69, 9.17) is 0 Å². The number of carbonyl (C=O) groups excluding carboxylic acids is 1. The molecule has 1 amide bonds. The number of nitrogens with one attached hydrogen (secondary N) is 1. The third-order valence-electron chi connectivity index (χ3n) is 3.06. The van der Waals surface area contributed by atoms with Gasteiger partial charge in [0, 0.05) is 22.3 Å². The molecule has 1 aliphatic carbocycles. The minimum atomic E-state index is 0.0351. The van der Waals surface area contributed by atoms with Gasteiger partial charge in [0.1, 0.15) is 6.54 Å². The second-order valence-corrected chi connectivity index (χ2v) is 5.69. The van der Waals surface area contributed by atoms with Crippen molar-refractivity contribution in [1.29, 1.82) is 0 Å². The Morgan fingerprint density at radius 1 is 1.32 bits per heavy atom. The highest BCUT2D eigenvalue weighted by atomic mass is 79.9. The monoisotopic (exact) mass is 319 g/mol. The number of hydrogen-bond donors (Lipinski definition) is 1. The summed E-state index contributed by atoms with van der Waals surface area (Å²) in [7, 11) is 0. The predicted molar refractivity (Wildman–Crippen MR) is 76.5 cm³/mol. The lowest BCUT2D eigenvalue weighted by atomic mass is 10.1. The van der Waals surface area contributed by atoms with E-state index in [1.165, 1.54) is 0 Å². The van der Waals surface area contributed by atoms with Crippen LogP contribution >= 0.6 is 15.9 Å². The minimum Gasteiger partial charge on any atom is -0.352 e. The molecule has 0 unspecified atom stereocenters. The maximum atomic E-state index is 11.7.